The molecule has 2 unspecified atom stereocenters. The molecule has 3 aromatic rings. The van der Waals surface area contributed by atoms with Crippen LogP contribution in [0.5, 0.6) is 0 Å². The molecule has 0 aliphatic carbocycles. The Hall–Kier alpha value is -2.11. The van der Waals surface area contributed by atoms with Crippen molar-refractivity contribution in [1.82, 2.24) is 25.0 Å². The fraction of sp³-hybridized carbons (Fsp3) is 0.389. The normalized spacial score (nSPS) is 26.0. The summed E-state index contributed by atoms with van der Waals surface area (Å²) in [6.07, 6.45) is -0.312. The molecule has 4 heterocycles. The number of halogens is 1. The van der Waals surface area contributed by atoms with E-state index in [0.29, 0.717) is 20.8 Å². The smallest absolute Gasteiger partial charge is 0.283 e. The number of aliphatic hydroxyl groups excluding tert-OH is 3. The van der Waals surface area contributed by atoms with Gasteiger partial charge in [0.2, 0.25) is 0 Å². The fourth-order valence-electron chi connectivity index (χ4n) is 3.20. The summed E-state index contributed by atoms with van der Waals surface area (Å²) in [5, 5.41) is 42.1. The van der Waals surface area contributed by atoms with Gasteiger partial charge in [0.25, 0.3) is 5.82 Å². The molecular formula is C18H17ClN6O4S2. The van der Waals surface area contributed by atoms with Crippen LogP contribution >= 0.6 is 34.7 Å². The van der Waals surface area contributed by atoms with E-state index >= 15 is 0 Å². The van der Waals surface area contributed by atoms with Gasteiger partial charge < -0.3 is 24.9 Å². The summed E-state index contributed by atoms with van der Waals surface area (Å²) in [7, 11) is 0. The Kier molecular flexibility index (Phi) is 6.54. The van der Waals surface area contributed by atoms with Gasteiger partial charge in [0.1, 0.15) is 51.8 Å². The van der Waals surface area contributed by atoms with Crippen LogP contribution in [0.1, 0.15) is 11.6 Å². The molecule has 1 aliphatic heterocycles. The molecule has 0 spiro atoms. The molecule has 5 atom stereocenters. The summed E-state index contributed by atoms with van der Waals surface area (Å²) < 4.78 is 7.08. The highest BCUT2D eigenvalue weighted by Crippen LogP contribution is 2.40. The molecule has 162 valence electrons. The fourth-order valence-corrected chi connectivity index (χ4v) is 5.30. The minimum Gasteiger partial charge on any atom is -0.394 e. The maximum atomic E-state index is 11.0. The quantitative estimate of drug-likeness (QED) is 0.469. The second kappa shape index (κ2) is 9.17. The molecule has 0 aromatic carbocycles. The number of pyridine rings is 1. The molecule has 0 radical (unpaired) electrons. The van der Waals surface area contributed by atoms with Crippen molar-refractivity contribution in [2.24, 2.45) is 0 Å². The van der Waals surface area contributed by atoms with Crippen molar-refractivity contribution in [3.63, 3.8) is 0 Å². The molecule has 0 bridgehead atoms. The van der Waals surface area contributed by atoms with Crippen molar-refractivity contribution in [3.8, 4) is 10.7 Å². The first-order valence-corrected chi connectivity index (χ1v) is 11.2. The van der Waals surface area contributed by atoms with Crippen molar-refractivity contribution >= 4 is 40.5 Å². The third kappa shape index (κ3) is 4.44. The van der Waals surface area contributed by atoms with Gasteiger partial charge in [0.15, 0.2) is 0 Å². The van der Waals surface area contributed by atoms with Gasteiger partial charge >= 0.3 is 0 Å². The van der Waals surface area contributed by atoms with Gasteiger partial charge in [-0.3, -0.25) is 0 Å². The lowest BCUT2D eigenvalue weighted by molar-refractivity contribution is -0.178. The molecule has 3 N–H and O–H groups in total. The number of hydrogen-bond acceptors (Lipinski definition) is 10. The topological polar surface area (TPSA) is 131 Å². The zero-order chi connectivity index (χ0) is 22.1. The van der Waals surface area contributed by atoms with E-state index in [9.17, 15) is 15.3 Å². The first kappa shape index (κ1) is 22.1. The van der Waals surface area contributed by atoms with E-state index in [-0.39, 0.29) is 5.82 Å². The van der Waals surface area contributed by atoms with Crippen molar-refractivity contribution in [1.29, 1.82) is 0 Å². The second-order valence-electron chi connectivity index (χ2n) is 6.82. The highest BCUT2D eigenvalue weighted by Gasteiger charge is 2.46. The summed E-state index contributed by atoms with van der Waals surface area (Å²) in [5.74, 6) is 0.179. The summed E-state index contributed by atoms with van der Waals surface area (Å²) in [6.45, 7) is 8.70. The van der Waals surface area contributed by atoms with Crippen molar-refractivity contribution in [3.05, 3.63) is 46.0 Å². The van der Waals surface area contributed by atoms with E-state index in [1.807, 2.05) is 6.92 Å². The predicted octanol–water partition coefficient (Wildman–Crippen LogP) is 2.08. The van der Waals surface area contributed by atoms with E-state index in [1.165, 1.54) is 16.0 Å². The zero-order valence-electron chi connectivity index (χ0n) is 16.0. The van der Waals surface area contributed by atoms with Gasteiger partial charge in [0.05, 0.1) is 12.8 Å². The molecule has 1 fully saturated rings. The molecule has 1 saturated heterocycles. The Bertz CT molecular complexity index is 1120. The zero-order valence-corrected chi connectivity index (χ0v) is 18.4. The Balaban J connectivity index is 1.64. The maximum absolute atomic E-state index is 11.0. The van der Waals surface area contributed by atoms with Crippen molar-refractivity contribution in [2.75, 3.05) is 6.61 Å². The number of ether oxygens (including phenoxy) is 1. The molecule has 10 nitrogen and oxygen atoms in total. The molecule has 0 saturated carbocycles. The molecule has 13 heteroatoms. The standard InChI is InChI=1S/C18H17ClN6O4S2/c1-8-3-11(16(20-2)21-4-8)31-18-15(28)13(14(27)10(6-26)29-18)25-5-9(23-24-25)17-22-12(19)7-30-17/h3-5,7,10,13-15,18,26-28H,6H2,1H3/t10?,13-,14-,15?,18+/m0/s1. The number of rotatable bonds is 5. The maximum Gasteiger partial charge on any atom is 0.283 e. The molecule has 4 rings (SSSR count). The Morgan fingerprint density at radius 3 is 2.87 bits per heavy atom. The molecule has 31 heavy (non-hydrogen) atoms. The van der Waals surface area contributed by atoms with E-state index < -0.39 is 36.4 Å². The number of aryl methyl sites for hydroxylation is 1. The van der Waals surface area contributed by atoms with Crippen LogP contribution in [0.4, 0.5) is 5.82 Å². The second-order valence-corrected chi connectivity index (χ2v) is 9.21. The van der Waals surface area contributed by atoms with E-state index in [0.717, 1.165) is 17.3 Å². The van der Waals surface area contributed by atoms with Crippen LogP contribution in [-0.2, 0) is 4.74 Å². The number of hydrogen-bond donors (Lipinski definition) is 3. The van der Waals surface area contributed by atoms with Crippen LogP contribution in [0, 0.1) is 13.5 Å². The first-order valence-electron chi connectivity index (χ1n) is 9.07. The average molecular weight is 481 g/mol. The predicted molar refractivity (Wildman–Crippen MR) is 114 cm³/mol. The highest BCUT2D eigenvalue weighted by atomic mass is 35.5. The van der Waals surface area contributed by atoms with Crippen LogP contribution in [0.25, 0.3) is 15.5 Å². The largest absolute Gasteiger partial charge is 0.394 e. The van der Waals surface area contributed by atoms with Crippen LogP contribution < -0.4 is 0 Å². The number of aliphatic hydroxyl groups is 3. The van der Waals surface area contributed by atoms with Crippen LogP contribution in [0.2, 0.25) is 5.15 Å². The monoisotopic (exact) mass is 480 g/mol. The van der Waals surface area contributed by atoms with Gasteiger partial charge in [-0.05, 0) is 12.5 Å². The lowest BCUT2D eigenvalue weighted by atomic mass is 9.97. The average Bonchev–Trinajstić information content (AvgIpc) is 3.39. The Morgan fingerprint density at radius 2 is 2.19 bits per heavy atom. The summed E-state index contributed by atoms with van der Waals surface area (Å²) in [6, 6.07) is 0.823. The van der Waals surface area contributed by atoms with Gasteiger partial charge in [-0.1, -0.05) is 29.5 Å². The van der Waals surface area contributed by atoms with Gasteiger partial charge in [-0.2, -0.15) is 0 Å². The van der Waals surface area contributed by atoms with Gasteiger partial charge in [-0.25, -0.2) is 9.67 Å². The summed E-state index contributed by atoms with van der Waals surface area (Å²) in [5.41, 5.74) is 0.390. The lowest BCUT2D eigenvalue weighted by Crippen LogP contribution is -2.55. The Morgan fingerprint density at radius 1 is 1.39 bits per heavy atom. The molecule has 3 aromatic heterocycles. The van der Waals surface area contributed by atoms with E-state index in [4.69, 9.17) is 22.9 Å². The number of aromatic nitrogens is 5. The van der Waals surface area contributed by atoms with E-state index in [2.05, 4.69) is 25.1 Å². The lowest BCUT2D eigenvalue weighted by Gasteiger charge is -2.41. The minimum atomic E-state index is -1.25. The van der Waals surface area contributed by atoms with E-state index in [1.54, 1.807) is 23.8 Å². The first-order chi connectivity index (χ1) is 14.9. The van der Waals surface area contributed by atoms with Gasteiger partial charge in [-0.15, -0.1) is 33.2 Å². The third-order valence-electron chi connectivity index (χ3n) is 4.68. The third-order valence-corrected chi connectivity index (χ3v) is 7.04. The minimum absolute atomic E-state index is 0.179. The SMILES string of the molecule is [C-]#[N+]c1ncc(C)cc1S[C@H]1OC(CO)[C@H](O)[C@H](n2cc(-c3nc(Cl)cs3)nn2)C1O. The van der Waals surface area contributed by atoms with Crippen molar-refractivity contribution < 1.29 is 20.1 Å². The number of thioether (sulfide) groups is 1. The van der Waals surface area contributed by atoms with Crippen LogP contribution in [0.3, 0.4) is 0 Å². The Labute approximate surface area is 190 Å². The number of nitrogens with zero attached hydrogens (tertiary/aromatic N) is 6. The molecule has 0 amide bonds. The van der Waals surface area contributed by atoms with Crippen LogP contribution in [-0.4, -0.2) is 70.6 Å². The number of thiazole rings is 1. The van der Waals surface area contributed by atoms with Crippen LogP contribution in [0.15, 0.2) is 28.7 Å². The summed E-state index contributed by atoms with van der Waals surface area (Å²) >= 11 is 8.27. The van der Waals surface area contributed by atoms with Crippen molar-refractivity contribution in [2.45, 2.75) is 41.6 Å². The van der Waals surface area contributed by atoms with Gasteiger partial charge in [0, 0.05) is 10.3 Å². The molecule has 1 aliphatic rings. The molecular weight excluding hydrogens is 464 g/mol. The summed E-state index contributed by atoms with van der Waals surface area (Å²) in [4.78, 5) is 12.2. The highest BCUT2D eigenvalue weighted by molar-refractivity contribution is 8.00.